The van der Waals surface area contributed by atoms with Gasteiger partial charge in [-0.15, -0.1) is 11.8 Å². The fourth-order valence-electron chi connectivity index (χ4n) is 3.01. The van der Waals surface area contributed by atoms with Crippen molar-refractivity contribution >= 4 is 46.6 Å². The molecule has 2 atom stereocenters. The number of ether oxygens (including phenoxy) is 1. The third-order valence-electron chi connectivity index (χ3n) is 4.27. The predicted octanol–water partition coefficient (Wildman–Crippen LogP) is 6.34. The lowest BCUT2D eigenvalue weighted by Crippen LogP contribution is -2.17. The number of rotatable bonds is 5. The second-order valence-corrected chi connectivity index (χ2v) is 8.59. The fraction of sp³-hybridized carbons (Fsp3) is 0.211. The molecule has 2 aromatic carbocycles. The molecule has 134 valence electrons. The molecule has 0 bridgehead atoms. The summed E-state index contributed by atoms with van der Waals surface area (Å²) in [5.41, 5.74) is 2.15. The predicted molar refractivity (Wildman–Crippen MR) is 107 cm³/mol. The Balaban J connectivity index is 1.58. The summed E-state index contributed by atoms with van der Waals surface area (Å²) in [7, 11) is 0. The summed E-state index contributed by atoms with van der Waals surface area (Å²) in [6.45, 7) is 0.497. The first-order chi connectivity index (χ1) is 12.6. The van der Waals surface area contributed by atoms with E-state index in [1.807, 2.05) is 42.6 Å². The molecule has 0 unspecified atom stereocenters. The minimum atomic E-state index is -0.0921. The summed E-state index contributed by atoms with van der Waals surface area (Å²) in [6.07, 6.45) is 4.27. The molecule has 0 aliphatic carbocycles. The summed E-state index contributed by atoms with van der Waals surface area (Å²) in [6, 6.07) is 11.5. The van der Waals surface area contributed by atoms with E-state index in [-0.39, 0.29) is 11.4 Å². The third kappa shape index (κ3) is 3.90. The molecule has 4 rings (SSSR count). The molecule has 7 heteroatoms. The average molecular weight is 426 g/mol. The fourth-order valence-corrected chi connectivity index (χ4v) is 4.95. The Morgan fingerprint density at radius 3 is 2.58 bits per heavy atom. The Labute approximate surface area is 171 Å². The zero-order chi connectivity index (χ0) is 18.1. The third-order valence-corrected chi connectivity index (χ3v) is 6.57. The number of benzene rings is 2. The van der Waals surface area contributed by atoms with Crippen LogP contribution in [0.3, 0.4) is 0 Å². The molecule has 1 N–H and O–H groups in total. The number of imidazole rings is 1. The van der Waals surface area contributed by atoms with Gasteiger partial charge in [0.1, 0.15) is 5.82 Å². The number of halogens is 3. The maximum atomic E-state index is 6.30. The summed E-state index contributed by atoms with van der Waals surface area (Å²) in [5.74, 6) is 0.938. The molecule has 0 amide bonds. The van der Waals surface area contributed by atoms with Gasteiger partial charge in [-0.05, 0) is 35.4 Å². The van der Waals surface area contributed by atoms with Gasteiger partial charge in [0.25, 0.3) is 0 Å². The molecule has 3 nitrogen and oxygen atoms in total. The van der Waals surface area contributed by atoms with Crippen LogP contribution in [0.5, 0.6) is 0 Å². The number of nitrogens with one attached hydrogen (secondary N) is 1. The molecule has 1 aromatic heterocycles. The highest BCUT2D eigenvalue weighted by Crippen LogP contribution is 2.49. The van der Waals surface area contributed by atoms with Gasteiger partial charge in [-0.25, -0.2) is 4.98 Å². The number of aromatic nitrogens is 2. The Morgan fingerprint density at radius 1 is 1.08 bits per heavy atom. The van der Waals surface area contributed by atoms with E-state index in [4.69, 9.17) is 39.5 Å². The van der Waals surface area contributed by atoms with E-state index in [9.17, 15) is 0 Å². The van der Waals surface area contributed by atoms with Crippen molar-refractivity contribution in [1.29, 1.82) is 0 Å². The molecule has 3 aromatic rings. The van der Waals surface area contributed by atoms with Crippen molar-refractivity contribution in [2.45, 2.75) is 29.3 Å². The number of H-pyrrole nitrogens is 1. The normalized spacial score (nSPS) is 18.9. The maximum Gasteiger partial charge on any atom is 0.107 e. The molecule has 0 fully saturated rings. The monoisotopic (exact) mass is 424 g/mol. The summed E-state index contributed by atoms with van der Waals surface area (Å²) >= 11 is 20.2. The number of hydrogen-bond donors (Lipinski definition) is 1. The summed E-state index contributed by atoms with van der Waals surface area (Å²) in [4.78, 5) is 8.62. The van der Waals surface area contributed by atoms with Crippen molar-refractivity contribution in [1.82, 2.24) is 9.97 Å². The van der Waals surface area contributed by atoms with Crippen molar-refractivity contribution in [3.05, 3.63) is 80.8 Å². The lowest BCUT2D eigenvalue weighted by atomic mass is 10.0. The zero-order valence-electron chi connectivity index (χ0n) is 13.6. The molecule has 26 heavy (non-hydrogen) atoms. The molecule has 0 spiro atoms. The van der Waals surface area contributed by atoms with Crippen molar-refractivity contribution in [2.24, 2.45) is 0 Å². The zero-order valence-corrected chi connectivity index (χ0v) is 16.7. The molecule has 1 aliphatic heterocycles. The number of nitrogens with zero attached hydrogens (tertiary/aromatic N) is 1. The standard InChI is InChI=1S/C19H15Cl3N2OS/c20-12-3-1-11(2-4-12)10-25-19-13-7-14(21)15(22)8-16(13)26-17(19)9-18-23-5-6-24-18/h1-8,17,19H,9-10H2,(H,23,24)/t17-,19-/m0/s1. The van der Waals surface area contributed by atoms with Gasteiger partial charge in [-0.1, -0.05) is 46.9 Å². The van der Waals surface area contributed by atoms with Crippen LogP contribution < -0.4 is 0 Å². The van der Waals surface area contributed by atoms with E-state index >= 15 is 0 Å². The number of thioether (sulfide) groups is 1. The molecular weight excluding hydrogens is 411 g/mol. The highest BCUT2D eigenvalue weighted by molar-refractivity contribution is 8.00. The van der Waals surface area contributed by atoms with Crippen LogP contribution in [0.1, 0.15) is 23.1 Å². The van der Waals surface area contributed by atoms with Crippen LogP contribution in [0.4, 0.5) is 0 Å². The Kier molecular flexibility index (Phi) is 5.48. The van der Waals surface area contributed by atoms with E-state index in [2.05, 4.69) is 9.97 Å². The van der Waals surface area contributed by atoms with Gasteiger partial charge in [-0.3, -0.25) is 0 Å². The quantitative estimate of drug-likeness (QED) is 0.518. The van der Waals surface area contributed by atoms with Crippen molar-refractivity contribution in [2.75, 3.05) is 0 Å². The molecule has 1 aliphatic rings. The van der Waals surface area contributed by atoms with Gasteiger partial charge in [0.05, 0.1) is 22.8 Å². The highest BCUT2D eigenvalue weighted by Gasteiger charge is 2.35. The van der Waals surface area contributed by atoms with Gasteiger partial charge in [0.2, 0.25) is 0 Å². The SMILES string of the molecule is Clc1ccc(CO[C@H]2c3cc(Cl)c(Cl)cc3S[C@H]2Cc2ncc[nH]2)cc1. The lowest BCUT2D eigenvalue weighted by molar-refractivity contribution is 0.0392. The second kappa shape index (κ2) is 7.83. The van der Waals surface area contributed by atoms with Crippen LogP contribution in [-0.4, -0.2) is 15.2 Å². The Hall–Kier alpha value is -1.17. The van der Waals surface area contributed by atoms with Crippen LogP contribution >= 0.6 is 46.6 Å². The van der Waals surface area contributed by atoms with E-state index in [1.165, 1.54) is 0 Å². The minimum Gasteiger partial charge on any atom is -0.368 e. The number of fused-ring (bicyclic) bond motifs is 1. The summed E-state index contributed by atoms with van der Waals surface area (Å²) < 4.78 is 6.30. The number of hydrogen-bond acceptors (Lipinski definition) is 3. The highest BCUT2D eigenvalue weighted by atomic mass is 35.5. The topological polar surface area (TPSA) is 37.9 Å². The minimum absolute atomic E-state index is 0.0921. The van der Waals surface area contributed by atoms with Crippen LogP contribution in [-0.2, 0) is 17.8 Å². The smallest absolute Gasteiger partial charge is 0.107 e. The van der Waals surface area contributed by atoms with Crippen molar-refractivity contribution in [3.63, 3.8) is 0 Å². The molecular formula is C19H15Cl3N2OS. The van der Waals surface area contributed by atoms with Crippen LogP contribution in [0.15, 0.2) is 53.7 Å². The van der Waals surface area contributed by atoms with Crippen molar-refractivity contribution < 1.29 is 4.74 Å². The van der Waals surface area contributed by atoms with Gasteiger partial charge in [0, 0.05) is 34.0 Å². The maximum absolute atomic E-state index is 6.30. The van der Waals surface area contributed by atoms with Gasteiger partial charge in [-0.2, -0.15) is 0 Å². The molecule has 0 radical (unpaired) electrons. The number of aromatic amines is 1. The first kappa shape index (κ1) is 18.2. The Bertz CT molecular complexity index is 900. The second-order valence-electron chi connectivity index (χ2n) is 6.06. The van der Waals surface area contributed by atoms with E-state index in [0.29, 0.717) is 21.7 Å². The van der Waals surface area contributed by atoms with Crippen LogP contribution in [0, 0.1) is 0 Å². The van der Waals surface area contributed by atoms with Crippen LogP contribution in [0.25, 0.3) is 0 Å². The van der Waals surface area contributed by atoms with Gasteiger partial charge in [0.15, 0.2) is 0 Å². The van der Waals surface area contributed by atoms with Crippen LogP contribution in [0.2, 0.25) is 15.1 Å². The van der Waals surface area contributed by atoms with E-state index in [1.54, 1.807) is 18.0 Å². The first-order valence-electron chi connectivity index (χ1n) is 8.10. The van der Waals surface area contributed by atoms with Gasteiger partial charge >= 0.3 is 0 Å². The largest absolute Gasteiger partial charge is 0.368 e. The molecule has 0 saturated carbocycles. The summed E-state index contributed by atoms with van der Waals surface area (Å²) in [5, 5.41) is 2.02. The lowest BCUT2D eigenvalue weighted by Gasteiger charge is -2.20. The van der Waals surface area contributed by atoms with E-state index in [0.717, 1.165) is 28.3 Å². The average Bonchev–Trinajstić information content (AvgIpc) is 3.24. The first-order valence-corrected chi connectivity index (χ1v) is 10.1. The van der Waals surface area contributed by atoms with E-state index < -0.39 is 0 Å². The molecule has 2 heterocycles. The van der Waals surface area contributed by atoms with Crippen molar-refractivity contribution in [3.8, 4) is 0 Å². The molecule has 0 saturated heterocycles. The van der Waals surface area contributed by atoms with Gasteiger partial charge < -0.3 is 9.72 Å². The Morgan fingerprint density at radius 2 is 1.85 bits per heavy atom.